The van der Waals surface area contributed by atoms with Crippen molar-refractivity contribution in [2.24, 2.45) is 0 Å². The quantitative estimate of drug-likeness (QED) is 0.557. The molecule has 27 heavy (non-hydrogen) atoms. The van der Waals surface area contributed by atoms with Crippen LogP contribution in [0.25, 0.3) is 21.8 Å². The molecule has 2 aromatic carbocycles. The van der Waals surface area contributed by atoms with E-state index in [0.717, 1.165) is 51.3 Å². The zero-order valence-electron chi connectivity index (χ0n) is 15.4. The van der Waals surface area contributed by atoms with Crippen LogP contribution in [0.2, 0.25) is 0 Å². The average Bonchev–Trinajstić information content (AvgIpc) is 2.66. The van der Waals surface area contributed by atoms with Crippen LogP contribution in [0.3, 0.4) is 0 Å². The molecule has 0 bridgehead atoms. The molecule has 0 aliphatic rings. The second kappa shape index (κ2) is 6.80. The van der Waals surface area contributed by atoms with Crippen molar-refractivity contribution in [2.45, 2.75) is 26.7 Å². The van der Waals surface area contributed by atoms with Gasteiger partial charge in [-0.1, -0.05) is 24.3 Å². The highest BCUT2D eigenvalue weighted by molar-refractivity contribution is 6.08. The minimum absolute atomic E-state index is 0.464. The molecule has 0 spiro atoms. The van der Waals surface area contributed by atoms with E-state index in [0.29, 0.717) is 11.4 Å². The number of nitrogen functional groups attached to an aromatic ring is 1. The second-order valence-electron chi connectivity index (χ2n) is 7.00. The Morgan fingerprint density at radius 1 is 1.00 bits per heavy atom. The highest BCUT2D eigenvalue weighted by Gasteiger charge is 2.09. The topological polar surface area (TPSA) is 68.9 Å². The third-order valence-corrected chi connectivity index (χ3v) is 5.01. The number of hydrogen-bond donors (Lipinski definition) is 1. The molecule has 0 amide bonds. The van der Waals surface area contributed by atoms with Crippen LogP contribution in [0.1, 0.15) is 27.8 Å². The Balaban J connectivity index is 1.70. The summed E-state index contributed by atoms with van der Waals surface area (Å²) in [6, 6.07) is 14.1. The molecule has 0 atom stereocenters. The van der Waals surface area contributed by atoms with Crippen molar-refractivity contribution in [3.63, 3.8) is 0 Å². The number of fused-ring (bicyclic) bond motifs is 3. The monoisotopic (exact) mass is 354 g/mol. The third kappa shape index (κ3) is 3.26. The van der Waals surface area contributed by atoms with Gasteiger partial charge in [0.1, 0.15) is 5.52 Å². The third-order valence-electron chi connectivity index (χ3n) is 5.01. The largest absolute Gasteiger partial charge is 0.382 e. The first-order valence-corrected chi connectivity index (χ1v) is 8.97. The van der Waals surface area contributed by atoms with Crippen LogP contribution in [0, 0.1) is 13.8 Å². The normalized spacial score (nSPS) is 11.2. The van der Waals surface area contributed by atoms with Crippen molar-refractivity contribution in [3.05, 3.63) is 76.5 Å². The van der Waals surface area contributed by atoms with Crippen molar-refractivity contribution in [3.8, 4) is 0 Å². The molecule has 133 valence electrons. The number of aryl methyl sites for hydroxylation is 4. The van der Waals surface area contributed by atoms with Crippen molar-refractivity contribution < 1.29 is 4.79 Å². The van der Waals surface area contributed by atoms with Gasteiger partial charge in [-0.25, -0.2) is 4.98 Å². The van der Waals surface area contributed by atoms with Crippen molar-refractivity contribution in [2.75, 3.05) is 5.73 Å². The minimum atomic E-state index is 0.464. The van der Waals surface area contributed by atoms with Gasteiger partial charge in [-0.3, -0.25) is 9.78 Å². The Bertz CT molecular complexity index is 1180. The molecule has 0 aliphatic heterocycles. The van der Waals surface area contributed by atoms with Gasteiger partial charge >= 0.3 is 0 Å². The SMILES string of the molecule is Cc1ccc2c(c1)nc(N)c1ncc(CCc3ccc([C]=O)cc3C)cc12. The van der Waals surface area contributed by atoms with Crippen LogP contribution in [-0.4, -0.2) is 16.3 Å². The molecule has 1 radical (unpaired) electrons. The van der Waals surface area contributed by atoms with Crippen molar-refractivity contribution in [1.29, 1.82) is 0 Å². The second-order valence-corrected chi connectivity index (χ2v) is 7.00. The highest BCUT2D eigenvalue weighted by atomic mass is 16.1. The fourth-order valence-corrected chi connectivity index (χ4v) is 3.52. The number of benzene rings is 2. The number of rotatable bonds is 4. The van der Waals surface area contributed by atoms with Gasteiger partial charge in [-0.15, -0.1) is 0 Å². The molecular weight excluding hydrogens is 334 g/mol. The lowest BCUT2D eigenvalue weighted by molar-refractivity contribution is 0.562. The molecule has 0 aliphatic carbocycles. The number of nitrogens with zero attached hydrogens (tertiary/aromatic N) is 2. The van der Waals surface area contributed by atoms with Crippen LogP contribution in [0.15, 0.2) is 48.7 Å². The molecule has 4 heteroatoms. The Labute approximate surface area is 158 Å². The number of pyridine rings is 2. The Hall–Kier alpha value is -3.27. The van der Waals surface area contributed by atoms with E-state index < -0.39 is 0 Å². The molecule has 0 saturated carbocycles. The highest BCUT2D eigenvalue weighted by Crippen LogP contribution is 2.28. The summed E-state index contributed by atoms with van der Waals surface area (Å²) in [5, 5.41) is 2.11. The Kier molecular flexibility index (Phi) is 4.32. The molecule has 4 aromatic rings. The molecule has 4 nitrogen and oxygen atoms in total. The smallest absolute Gasteiger partial charge is 0.233 e. The van der Waals surface area contributed by atoms with Crippen LogP contribution >= 0.6 is 0 Å². The summed E-state index contributed by atoms with van der Waals surface area (Å²) < 4.78 is 0. The van der Waals surface area contributed by atoms with E-state index in [1.807, 2.05) is 50.6 Å². The van der Waals surface area contributed by atoms with E-state index in [2.05, 4.69) is 28.2 Å². The van der Waals surface area contributed by atoms with Crippen molar-refractivity contribution >= 4 is 33.9 Å². The maximum atomic E-state index is 10.8. The average molecular weight is 354 g/mol. The fraction of sp³-hybridized carbons (Fsp3) is 0.174. The zero-order chi connectivity index (χ0) is 19.0. The van der Waals surface area contributed by atoms with Gasteiger partial charge in [0.05, 0.1) is 5.52 Å². The predicted octanol–water partition coefficient (Wildman–Crippen LogP) is 4.23. The van der Waals surface area contributed by atoms with Crippen molar-refractivity contribution in [1.82, 2.24) is 9.97 Å². The van der Waals surface area contributed by atoms with E-state index in [9.17, 15) is 4.79 Å². The lowest BCUT2D eigenvalue weighted by Crippen LogP contribution is -1.99. The van der Waals surface area contributed by atoms with Crippen LogP contribution in [0.4, 0.5) is 5.82 Å². The summed E-state index contributed by atoms with van der Waals surface area (Å²) in [6.45, 7) is 4.07. The lowest BCUT2D eigenvalue weighted by atomic mass is 9.98. The van der Waals surface area contributed by atoms with Crippen LogP contribution < -0.4 is 5.73 Å². The first-order valence-electron chi connectivity index (χ1n) is 8.97. The molecule has 0 unspecified atom stereocenters. The molecule has 0 fully saturated rings. The van der Waals surface area contributed by atoms with Gasteiger partial charge in [0.15, 0.2) is 5.82 Å². The summed E-state index contributed by atoms with van der Waals surface area (Å²) >= 11 is 0. The number of anilines is 1. The Morgan fingerprint density at radius 3 is 2.63 bits per heavy atom. The maximum absolute atomic E-state index is 10.8. The first-order chi connectivity index (χ1) is 13.0. The molecular formula is C23H20N3O. The van der Waals surface area contributed by atoms with Crippen LogP contribution in [-0.2, 0) is 17.6 Å². The van der Waals surface area contributed by atoms with E-state index in [-0.39, 0.29) is 0 Å². The molecule has 2 heterocycles. The standard InChI is InChI=1S/C23H20N3O/c1-14-3-8-19-20-11-16(12-25-22(20)23(24)26-21(19)9-14)4-6-18-7-5-17(13-27)10-15(18)2/h3,5,7-12H,4,6H2,1-2H3,(H2,24,26). The van der Waals surface area contributed by atoms with E-state index in [4.69, 9.17) is 5.73 Å². The lowest BCUT2D eigenvalue weighted by Gasteiger charge is -2.10. The molecule has 2 N–H and O–H groups in total. The fourth-order valence-electron chi connectivity index (χ4n) is 3.52. The summed E-state index contributed by atoms with van der Waals surface area (Å²) in [7, 11) is 0. The van der Waals surface area contributed by atoms with Gasteiger partial charge in [0.25, 0.3) is 0 Å². The summed E-state index contributed by atoms with van der Waals surface area (Å²) in [5.74, 6) is 0.464. The number of nitrogens with two attached hydrogens (primary N) is 1. The summed E-state index contributed by atoms with van der Waals surface area (Å²) in [4.78, 5) is 19.9. The van der Waals surface area contributed by atoms with Gasteiger partial charge in [0, 0.05) is 22.5 Å². The predicted molar refractivity (Wildman–Crippen MR) is 110 cm³/mol. The summed E-state index contributed by atoms with van der Waals surface area (Å²) in [6.07, 6.45) is 5.56. The van der Waals surface area contributed by atoms with E-state index in [1.54, 1.807) is 0 Å². The van der Waals surface area contributed by atoms with Gasteiger partial charge in [-0.2, -0.15) is 0 Å². The Morgan fingerprint density at radius 2 is 1.85 bits per heavy atom. The van der Waals surface area contributed by atoms with Gasteiger partial charge in [0.2, 0.25) is 6.29 Å². The maximum Gasteiger partial charge on any atom is 0.233 e. The molecule has 0 saturated heterocycles. The number of hydrogen-bond acceptors (Lipinski definition) is 4. The van der Waals surface area contributed by atoms with Gasteiger partial charge in [-0.05, 0) is 67.1 Å². The van der Waals surface area contributed by atoms with E-state index in [1.165, 1.54) is 5.56 Å². The van der Waals surface area contributed by atoms with Gasteiger partial charge < -0.3 is 5.73 Å². The zero-order valence-corrected chi connectivity index (χ0v) is 15.4. The van der Waals surface area contributed by atoms with Crippen LogP contribution in [0.5, 0.6) is 0 Å². The molecule has 4 rings (SSSR count). The molecule has 2 aromatic heterocycles. The number of carbonyl (C=O) groups excluding carboxylic acids is 1. The number of aromatic nitrogens is 2. The minimum Gasteiger partial charge on any atom is -0.382 e. The van der Waals surface area contributed by atoms with E-state index >= 15 is 0 Å². The summed E-state index contributed by atoms with van der Waals surface area (Å²) in [5.41, 5.74) is 13.0. The first kappa shape index (κ1) is 17.2.